The number of hydrogen-bond acceptors (Lipinski definition) is 4. The van der Waals surface area contributed by atoms with Gasteiger partial charge in [-0.25, -0.2) is 14.1 Å². The number of likely N-dealkylation sites (N-methyl/N-ethyl adjacent to an activating group) is 1. The first kappa shape index (κ1) is 22.5. The topological polar surface area (TPSA) is 91.0 Å². The van der Waals surface area contributed by atoms with Crippen LogP contribution in [0, 0.1) is 0 Å². The third kappa shape index (κ3) is 4.84. The maximum atomic E-state index is 13.1. The van der Waals surface area contributed by atoms with Crippen LogP contribution in [0.15, 0.2) is 39.6 Å². The van der Waals surface area contributed by atoms with Crippen molar-refractivity contribution in [2.45, 2.75) is 50.0 Å². The Balaban J connectivity index is 1.31. The Hall–Kier alpha value is -2.26. The number of benzene rings is 2. The third-order valence-corrected chi connectivity index (χ3v) is 8.57. The molecular weight excluding hydrogens is 434 g/mol. The minimum atomic E-state index is -3.32. The lowest BCUT2D eigenvalue weighted by atomic mass is 9.99. The molecule has 0 radical (unpaired) electrons. The van der Waals surface area contributed by atoms with E-state index in [1.807, 2.05) is 12.1 Å². The van der Waals surface area contributed by atoms with Gasteiger partial charge in [0.1, 0.15) is 9.92 Å². The van der Waals surface area contributed by atoms with Crippen LogP contribution >= 0.6 is 0 Å². The molecule has 5 rings (SSSR count). The van der Waals surface area contributed by atoms with Crippen LogP contribution in [0.5, 0.6) is 0 Å². The molecule has 1 aliphatic heterocycles. The number of rotatable bonds is 4. The minimum absolute atomic E-state index is 0.378. The Morgan fingerprint density at radius 3 is 2.21 bits per heavy atom. The first-order valence-electron chi connectivity index (χ1n) is 11.9. The fourth-order valence-electron chi connectivity index (χ4n) is 5.33. The van der Waals surface area contributed by atoms with Gasteiger partial charge in [-0.15, -0.1) is 4.36 Å². The van der Waals surface area contributed by atoms with Crippen LogP contribution in [-0.2, 0) is 42.1 Å². The Labute approximate surface area is 196 Å². The molecule has 3 N–H and O–H groups in total. The molecule has 1 unspecified atom stereocenters. The first-order chi connectivity index (χ1) is 15.9. The maximum Gasteiger partial charge on any atom is 0.354 e. The van der Waals surface area contributed by atoms with Crippen LogP contribution in [0.3, 0.4) is 0 Å². The van der Waals surface area contributed by atoms with Crippen molar-refractivity contribution in [1.29, 1.82) is 0 Å². The molecule has 2 aromatic rings. The molecule has 1 fully saturated rings. The molecule has 2 aliphatic carbocycles. The molecule has 1 heterocycles. The molecule has 1 atom stereocenters. The van der Waals surface area contributed by atoms with Gasteiger partial charge in [0.15, 0.2) is 0 Å². The number of hydrogen-bond donors (Lipinski definition) is 2. The molecule has 2 amide bonds. The van der Waals surface area contributed by atoms with Crippen molar-refractivity contribution >= 4 is 21.6 Å². The maximum absolute atomic E-state index is 13.1. The van der Waals surface area contributed by atoms with E-state index in [-0.39, 0.29) is 0 Å². The zero-order chi connectivity index (χ0) is 23.0. The van der Waals surface area contributed by atoms with Crippen LogP contribution in [0.2, 0.25) is 0 Å². The summed E-state index contributed by atoms with van der Waals surface area (Å²) in [7, 11) is -1.18. The van der Waals surface area contributed by atoms with Crippen molar-refractivity contribution in [1.82, 2.24) is 9.80 Å². The number of nitrogens with two attached hydrogens (primary N) is 1. The normalized spacial score (nSPS) is 20.2. The summed E-state index contributed by atoms with van der Waals surface area (Å²) in [6.45, 7) is 5.05. The molecular formula is C25H33N5O2S. The third-order valence-electron chi connectivity index (χ3n) is 7.19. The average Bonchev–Trinajstić information content (AvgIpc) is 3.45. The van der Waals surface area contributed by atoms with E-state index in [4.69, 9.17) is 5.14 Å². The smallest absolute Gasteiger partial charge is 0.305 e. The van der Waals surface area contributed by atoms with Gasteiger partial charge in [0.2, 0.25) is 0 Å². The Kier molecular flexibility index (Phi) is 6.26. The number of anilines is 1. The van der Waals surface area contributed by atoms with E-state index >= 15 is 0 Å². The van der Waals surface area contributed by atoms with Gasteiger partial charge >= 0.3 is 6.03 Å². The van der Waals surface area contributed by atoms with E-state index in [1.165, 1.54) is 22.3 Å². The van der Waals surface area contributed by atoms with Gasteiger partial charge < -0.3 is 10.2 Å². The van der Waals surface area contributed by atoms with Gasteiger partial charge in [-0.05, 0) is 85.5 Å². The number of aryl methyl sites for hydroxylation is 2. The second-order valence-corrected chi connectivity index (χ2v) is 11.3. The predicted octanol–water partition coefficient (Wildman–Crippen LogP) is 3.34. The highest BCUT2D eigenvalue weighted by molar-refractivity contribution is 7.91. The lowest BCUT2D eigenvalue weighted by Gasteiger charge is -2.32. The SMILES string of the molecule is CN1CCN(Cc2ccc(S(N)(=O)=NC(=O)Nc3c4c(cc5c3CCC5)CCC4)cc2)CC1. The van der Waals surface area contributed by atoms with Crippen LogP contribution in [0.1, 0.15) is 40.7 Å². The van der Waals surface area contributed by atoms with Crippen molar-refractivity contribution in [3.05, 3.63) is 58.1 Å². The zero-order valence-corrected chi connectivity index (χ0v) is 20.1. The number of nitrogens with one attached hydrogen (secondary N) is 1. The lowest BCUT2D eigenvalue weighted by molar-refractivity contribution is 0.148. The van der Waals surface area contributed by atoms with Crippen molar-refractivity contribution in [2.24, 2.45) is 9.50 Å². The number of carbonyl (C=O) groups excluding carboxylic acids is 1. The number of urea groups is 1. The lowest BCUT2D eigenvalue weighted by Crippen LogP contribution is -2.43. The summed E-state index contributed by atoms with van der Waals surface area (Å²) >= 11 is 0. The Morgan fingerprint density at radius 2 is 1.61 bits per heavy atom. The van der Waals surface area contributed by atoms with Crippen molar-refractivity contribution < 1.29 is 9.00 Å². The number of amides is 2. The van der Waals surface area contributed by atoms with E-state index in [0.717, 1.165) is 82.5 Å². The van der Waals surface area contributed by atoms with Crippen molar-refractivity contribution in [2.75, 3.05) is 38.5 Å². The van der Waals surface area contributed by atoms with Gasteiger partial charge in [0.25, 0.3) is 0 Å². The number of nitrogens with zero attached hydrogens (tertiary/aromatic N) is 3. The van der Waals surface area contributed by atoms with E-state index in [1.54, 1.807) is 12.1 Å². The summed E-state index contributed by atoms with van der Waals surface area (Å²) < 4.78 is 17.0. The molecule has 33 heavy (non-hydrogen) atoms. The number of piperazine rings is 1. The van der Waals surface area contributed by atoms with Crippen LogP contribution < -0.4 is 10.5 Å². The quantitative estimate of drug-likeness (QED) is 0.722. The molecule has 8 heteroatoms. The molecule has 176 valence electrons. The fraction of sp³-hybridized carbons (Fsp3) is 0.480. The van der Waals surface area contributed by atoms with Crippen LogP contribution in [0.25, 0.3) is 0 Å². The predicted molar refractivity (Wildman–Crippen MR) is 132 cm³/mol. The first-order valence-corrected chi connectivity index (χ1v) is 13.5. The van der Waals surface area contributed by atoms with Gasteiger partial charge in [-0.3, -0.25) is 4.90 Å². The standard InChI is InChI=1S/C25H33N5O2S/c1-29-12-14-30(15-13-29)17-18-8-10-21(11-9-18)33(26,32)28-25(31)27-24-22-6-2-4-19(22)16-20-5-3-7-23(20)24/h8-11,16H,2-7,12-15,17H2,1H3,(H3,26,27,28,31,32). The van der Waals surface area contributed by atoms with Gasteiger partial charge in [-0.1, -0.05) is 18.2 Å². The summed E-state index contributed by atoms with van der Waals surface area (Å²) in [4.78, 5) is 17.9. The summed E-state index contributed by atoms with van der Waals surface area (Å²) in [6.07, 6.45) is 6.24. The zero-order valence-electron chi connectivity index (χ0n) is 19.3. The Bertz CT molecular complexity index is 1140. The molecule has 0 spiro atoms. The molecule has 1 saturated heterocycles. The summed E-state index contributed by atoms with van der Waals surface area (Å²) in [5, 5.41) is 9.01. The van der Waals surface area contributed by atoms with Gasteiger partial charge in [0, 0.05) is 38.4 Å². The fourth-order valence-corrected chi connectivity index (χ4v) is 6.25. The number of carbonyl (C=O) groups is 1. The summed E-state index contributed by atoms with van der Waals surface area (Å²) in [5.74, 6) is 0. The molecule has 0 aromatic heterocycles. The monoisotopic (exact) mass is 467 g/mol. The van der Waals surface area contributed by atoms with E-state index in [9.17, 15) is 9.00 Å². The molecule has 0 saturated carbocycles. The molecule has 0 bridgehead atoms. The van der Waals surface area contributed by atoms with Crippen molar-refractivity contribution in [3.63, 3.8) is 0 Å². The van der Waals surface area contributed by atoms with Crippen molar-refractivity contribution in [3.8, 4) is 0 Å². The van der Waals surface area contributed by atoms with E-state index in [0.29, 0.717) is 4.90 Å². The summed E-state index contributed by atoms with van der Waals surface area (Å²) in [6, 6.07) is 9.03. The minimum Gasteiger partial charge on any atom is -0.305 e. The van der Waals surface area contributed by atoms with E-state index in [2.05, 4.69) is 32.6 Å². The molecule has 7 nitrogen and oxygen atoms in total. The van der Waals surface area contributed by atoms with Gasteiger partial charge in [0.05, 0.1) is 4.90 Å². The highest BCUT2D eigenvalue weighted by Gasteiger charge is 2.25. The van der Waals surface area contributed by atoms with Crippen LogP contribution in [0.4, 0.5) is 10.5 Å². The average molecular weight is 468 g/mol. The Morgan fingerprint density at radius 1 is 1.00 bits per heavy atom. The number of fused-ring (bicyclic) bond motifs is 2. The second kappa shape index (κ2) is 9.18. The summed E-state index contributed by atoms with van der Waals surface area (Å²) in [5.41, 5.74) is 7.13. The molecule has 2 aromatic carbocycles. The second-order valence-electron chi connectivity index (χ2n) is 9.55. The van der Waals surface area contributed by atoms with Gasteiger partial charge in [-0.2, -0.15) is 0 Å². The largest absolute Gasteiger partial charge is 0.354 e. The molecule has 3 aliphatic rings. The highest BCUT2D eigenvalue weighted by Crippen LogP contribution is 2.38. The van der Waals surface area contributed by atoms with E-state index < -0.39 is 15.9 Å². The highest BCUT2D eigenvalue weighted by atomic mass is 32.2. The van der Waals surface area contributed by atoms with Crippen LogP contribution in [-0.4, -0.2) is 53.3 Å².